The van der Waals surface area contributed by atoms with Gasteiger partial charge in [0.2, 0.25) is 0 Å². The van der Waals surface area contributed by atoms with Gasteiger partial charge in [0.25, 0.3) is 0 Å². The third kappa shape index (κ3) is 4.99. The topological polar surface area (TPSA) is 30.5 Å². The highest BCUT2D eigenvalue weighted by molar-refractivity contribution is 5.48. The molecule has 0 fully saturated rings. The Kier molecular flexibility index (Phi) is 5.70. The molecule has 2 aromatic carbocycles. The van der Waals surface area contributed by atoms with Crippen LogP contribution in [0.2, 0.25) is 0 Å². The predicted molar refractivity (Wildman–Crippen MR) is 92.1 cm³/mol. The van der Waals surface area contributed by atoms with Crippen LogP contribution in [-0.2, 0) is 0 Å². The molecule has 0 aromatic heterocycles. The first kappa shape index (κ1) is 16.2. The molecule has 0 aliphatic carbocycles. The Labute approximate surface area is 133 Å². The second-order valence-electron chi connectivity index (χ2n) is 5.72. The summed E-state index contributed by atoms with van der Waals surface area (Å²) >= 11 is 0. The lowest BCUT2D eigenvalue weighted by atomic mass is 10.1. The van der Waals surface area contributed by atoms with Crippen LogP contribution in [0.15, 0.2) is 42.5 Å². The monoisotopic (exact) mass is 299 g/mol. The van der Waals surface area contributed by atoms with E-state index in [-0.39, 0.29) is 6.10 Å². The summed E-state index contributed by atoms with van der Waals surface area (Å²) < 4.78 is 11.4. The average Bonchev–Trinajstić information content (AvgIpc) is 2.47. The number of hydrogen-bond acceptors (Lipinski definition) is 3. The van der Waals surface area contributed by atoms with Crippen molar-refractivity contribution >= 4 is 5.69 Å². The van der Waals surface area contributed by atoms with Crippen LogP contribution in [0.4, 0.5) is 5.69 Å². The molecule has 2 rings (SSSR count). The molecule has 0 aliphatic rings. The minimum Gasteiger partial charge on any atom is -0.492 e. The molecule has 3 nitrogen and oxygen atoms in total. The van der Waals surface area contributed by atoms with Gasteiger partial charge in [0.15, 0.2) is 0 Å². The van der Waals surface area contributed by atoms with E-state index in [0.29, 0.717) is 6.61 Å². The lowest BCUT2D eigenvalue weighted by molar-refractivity contribution is 0.242. The third-order valence-corrected chi connectivity index (χ3v) is 3.38. The van der Waals surface area contributed by atoms with Crippen molar-refractivity contribution in [1.29, 1.82) is 0 Å². The Hall–Kier alpha value is -2.16. The minimum atomic E-state index is 0.184. The van der Waals surface area contributed by atoms with E-state index in [4.69, 9.17) is 9.47 Å². The molecular formula is C19H25NO2. The maximum atomic E-state index is 5.76. The van der Waals surface area contributed by atoms with Crippen molar-refractivity contribution in [2.45, 2.75) is 33.8 Å². The zero-order valence-corrected chi connectivity index (χ0v) is 13.8. The van der Waals surface area contributed by atoms with Gasteiger partial charge < -0.3 is 14.8 Å². The van der Waals surface area contributed by atoms with Gasteiger partial charge in [-0.1, -0.05) is 12.1 Å². The number of hydrogen-bond donors (Lipinski definition) is 1. The van der Waals surface area contributed by atoms with Crippen LogP contribution >= 0.6 is 0 Å². The van der Waals surface area contributed by atoms with Crippen LogP contribution in [0.3, 0.4) is 0 Å². The first-order chi connectivity index (χ1) is 10.5. The molecule has 0 unspecified atom stereocenters. The predicted octanol–water partition coefficient (Wildman–Crippen LogP) is 4.58. The first-order valence-electron chi connectivity index (χ1n) is 7.75. The van der Waals surface area contributed by atoms with Crippen LogP contribution in [0, 0.1) is 13.8 Å². The zero-order chi connectivity index (χ0) is 15.9. The summed E-state index contributed by atoms with van der Waals surface area (Å²) in [6, 6.07) is 14.2. The molecule has 0 aliphatic heterocycles. The SMILES string of the molecule is Cc1ccc(OCCNc2cccc(OC(C)C)c2)cc1C. The van der Waals surface area contributed by atoms with Crippen molar-refractivity contribution in [1.82, 2.24) is 0 Å². The Morgan fingerprint density at radius 1 is 0.955 bits per heavy atom. The summed E-state index contributed by atoms with van der Waals surface area (Å²) in [7, 11) is 0. The van der Waals surface area contributed by atoms with Crippen molar-refractivity contribution in [3.8, 4) is 11.5 Å². The first-order valence-corrected chi connectivity index (χ1v) is 7.75. The van der Waals surface area contributed by atoms with Crippen LogP contribution in [0.1, 0.15) is 25.0 Å². The Morgan fingerprint density at radius 3 is 2.50 bits per heavy atom. The summed E-state index contributed by atoms with van der Waals surface area (Å²) in [5.41, 5.74) is 3.58. The maximum Gasteiger partial charge on any atom is 0.121 e. The molecule has 118 valence electrons. The second kappa shape index (κ2) is 7.74. The zero-order valence-electron chi connectivity index (χ0n) is 13.8. The molecule has 0 amide bonds. The normalized spacial score (nSPS) is 10.6. The van der Waals surface area contributed by atoms with Crippen LogP contribution in [-0.4, -0.2) is 19.3 Å². The summed E-state index contributed by atoms with van der Waals surface area (Å²) in [5, 5.41) is 3.35. The van der Waals surface area contributed by atoms with Gasteiger partial charge in [0, 0.05) is 18.3 Å². The molecule has 0 spiro atoms. The summed E-state index contributed by atoms with van der Waals surface area (Å²) in [6.07, 6.45) is 0.184. The molecule has 2 aromatic rings. The van der Waals surface area contributed by atoms with E-state index in [1.165, 1.54) is 11.1 Å². The smallest absolute Gasteiger partial charge is 0.121 e. The molecule has 0 saturated heterocycles. The largest absolute Gasteiger partial charge is 0.492 e. The lowest BCUT2D eigenvalue weighted by Gasteiger charge is -2.13. The van der Waals surface area contributed by atoms with Gasteiger partial charge in [0.05, 0.1) is 6.10 Å². The molecule has 0 atom stereocenters. The Balaban J connectivity index is 1.79. The average molecular weight is 299 g/mol. The van der Waals surface area contributed by atoms with Gasteiger partial charge in [-0.15, -0.1) is 0 Å². The minimum absolute atomic E-state index is 0.184. The van der Waals surface area contributed by atoms with E-state index in [0.717, 1.165) is 23.7 Å². The van der Waals surface area contributed by atoms with E-state index >= 15 is 0 Å². The van der Waals surface area contributed by atoms with Crippen molar-refractivity contribution < 1.29 is 9.47 Å². The fourth-order valence-electron chi connectivity index (χ4n) is 2.12. The van der Waals surface area contributed by atoms with Gasteiger partial charge in [-0.3, -0.25) is 0 Å². The summed E-state index contributed by atoms with van der Waals surface area (Å²) in [6.45, 7) is 9.62. The van der Waals surface area contributed by atoms with Gasteiger partial charge in [-0.2, -0.15) is 0 Å². The summed E-state index contributed by atoms with van der Waals surface area (Å²) in [4.78, 5) is 0. The maximum absolute atomic E-state index is 5.76. The van der Waals surface area contributed by atoms with Gasteiger partial charge in [-0.25, -0.2) is 0 Å². The molecule has 3 heteroatoms. The Morgan fingerprint density at radius 2 is 1.77 bits per heavy atom. The second-order valence-corrected chi connectivity index (χ2v) is 5.72. The van der Waals surface area contributed by atoms with E-state index in [2.05, 4.69) is 31.3 Å². The van der Waals surface area contributed by atoms with E-state index < -0.39 is 0 Å². The van der Waals surface area contributed by atoms with Crippen molar-refractivity contribution in [3.05, 3.63) is 53.6 Å². The van der Waals surface area contributed by atoms with Gasteiger partial charge in [-0.05, 0) is 63.1 Å². The molecule has 0 heterocycles. The number of nitrogens with one attached hydrogen (secondary N) is 1. The van der Waals surface area contributed by atoms with Crippen LogP contribution in [0.25, 0.3) is 0 Å². The molecule has 22 heavy (non-hydrogen) atoms. The number of benzene rings is 2. The fraction of sp³-hybridized carbons (Fsp3) is 0.368. The van der Waals surface area contributed by atoms with Gasteiger partial charge in [0.1, 0.15) is 18.1 Å². The van der Waals surface area contributed by atoms with Crippen LogP contribution in [0.5, 0.6) is 11.5 Å². The number of rotatable bonds is 7. The Bertz CT molecular complexity index is 608. The highest BCUT2D eigenvalue weighted by atomic mass is 16.5. The fourth-order valence-corrected chi connectivity index (χ4v) is 2.12. The highest BCUT2D eigenvalue weighted by Gasteiger charge is 2.00. The van der Waals surface area contributed by atoms with Crippen LogP contribution < -0.4 is 14.8 Å². The molecular weight excluding hydrogens is 274 g/mol. The molecule has 0 bridgehead atoms. The van der Waals surface area contributed by atoms with E-state index in [1.54, 1.807) is 0 Å². The third-order valence-electron chi connectivity index (χ3n) is 3.38. The summed E-state index contributed by atoms with van der Waals surface area (Å²) in [5.74, 6) is 1.80. The number of ether oxygens (including phenoxy) is 2. The van der Waals surface area contributed by atoms with E-state index in [1.807, 2.05) is 44.2 Å². The van der Waals surface area contributed by atoms with E-state index in [9.17, 15) is 0 Å². The van der Waals surface area contributed by atoms with Gasteiger partial charge >= 0.3 is 0 Å². The quantitative estimate of drug-likeness (QED) is 0.759. The number of aryl methyl sites for hydroxylation is 2. The molecule has 0 radical (unpaired) electrons. The van der Waals surface area contributed by atoms with Crippen molar-refractivity contribution in [3.63, 3.8) is 0 Å². The lowest BCUT2D eigenvalue weighted by Crippen LogP contribution is -2.12. The van der Waals surface area contributed by atoms with Crippen molar-refractivity contribution in [2.75, 3.05) is 18.5 Å². The van der Waals surface area contributed by atoms with Crippen molar-refractivity contribution in [2.24, 2.45) is 0 Å². The molecule has 1 N–H and O–H groups in total. The number of anilines is 1. The standard InChI is InChI=1S/C19H25NO2/c1-14(2)22-19-7-5-6-17(13-19)20-10-11-21-18-9-8-15(3)16(4)12-18/h5-9,12-14,20H,10-11H2,1-4H3. The highest BCUT2D eigenvalue weighted by Crippen LogP contribution is 2.19. The molecule has 0 saturated carbocycles.